The Morgan fingerprint density at radius 2 is 0.972 bits per heavy atom. The number of ether oxygens (including phenoxy) is 2. The fraction of sp³-hybridized carbons (Fsp3) is 0.200. The van der Waals surface area contributed by atoms with Gasteiger partial charge in [0.05, 0.1) is 24.5 Å². The highest BCUT2D eigenvalue weighted by Gasteiger charge is 2.29. The van der Waals surface area contributed by atoms with Gasteiger partial charge in [-0.2, -0.15) is 0 Å². The van der Waals surface area contributed by atoms with Gasteiger partial charge in [-0.3, -0.25) is 0 Å². The minimum atomic E-state index is 0.521. The third kappa shape index (κ3) is 4.45. The normalized spacial score (nSPS) is 15.2. The summed E-state index contributed by atoms with van der Waals surface area (Å²) < 4.78 is 13.0. The van der Waals surface area contributed by atoms with Crippen molar-refractivity contribution in [1.82, 2.24) is 0 Å². The lowest BCUT2D eigenvalue weighted by molar-refractivity contribution is 0.308. The van der Waals surface area contributed by atoms with E-state index in [9.17, 15) is 0 Å². The van der Waals surface area contributed by atoms with Gasteiger partial charge >= 0.3 is 0 Å². The van der Waals surface area contributed by atoms with Gasteiger partial charge in [0.2, 0.25) is 0 Å². The summed E-state index contributed by atoms with van der Waals surface area (Å²) >= 11 is 0. The number of hydrogen-bond donors (Lipinski definition) is 0. The van der Waals surface area contributed by atoms with Gasteiger partial charge in [-0.05, 0) is 33.4 Å². The van der Waals surface area contributed by atoms with Crippen molar-refractivity contribution in [3.63, 3.8) is 0 Å². The Balaban J connectivity index is 1.61. The molecule has 0 N–H and O–H groups in total. The molecule has 4 aromatic rings. The molecular weight excluding hydrogens is 482 g/mol. The van der Waals surface area contributed by atoms with Crippen molar-refractivity contribution >= 4 is 49.8 Å². The van der Waals surface area contributed by atoms with Gasteiger partial charge in [0.15, 0.2) is 11.5 Å². The molecule has 2 aliphatic rings. The molecule has 0 spiro atoms. The predicted molar refractivity (Wildman–Crippen MR) is 157 cm³/mol. The van der Waals surface area contributed by atoms with Gasteiger partial charge in [-0.1, -0.05) is 90.0 Å². The van der Waals surface area contributed by atoms with Crippen molar-refractivity contribution < 1.29 is 9.47 Å². The molecule has 0 bridgehead atoms. The molecule has 4 aromatic carbocycles. The largest absolute Gasteiger partial charge is 0.489 e. The van der Waals surface area contributed by atoms with Gasteiger partial charge in [0.1, 0.15) is 13.2 Å². The van der Waals surface area contributed by atoms with Crippen molar-refractivity contribution in [2.75, 3.05) is 50.2 Å². The van der Waals surface area contributed by atoms with Crippen molar-refractivity contribution in [2.24, 2.45) is 0 Å². The molecule has 2 heterocycles. The van der Waals surface area contributed by atoms with E-state index in [-0.39, 0.29) is 0 Å². The summed E-state index contributed by atoms with van der Waals surface area (Å²) in [7, 11) is 5.35. The van der Waals surface area contributed by atoms with Gasteiger partial charge < -0.3 is 19.3 Å². The Morgan fingerprint density at radius 3 is 1.39 bits per heavy atom. The lowest BCUT2D eigenvalue weighted by atomic mass is 9.99. The number of anilines is 2. The summed E-state index contributed by atoms with van der Waals surface area (Å²) in [6.45, 7) is 3.13. The molecule has 0 radical (unpaired) electrons. The number of benzene rings is 4. The lowest BCUT2D eigenvalue weighted by Crippen LogP contribution is -2.32. The van der Waals surface area contributed by atoms with Crippen LogP contribution in [0.4, 0.5) is 11.4 Å². The van der Waals surface area contributed by atoms with Crippen LogP contribution in [0.15, 0.2) is 84.9 Å². The second-order valence-electron chi connectivity index (χ2n) is 9.19. The smallest absolute Gasteiger partial charge is 0.151 e. The second kappa shape index (κ2) is 10.1. The first kappa shape index (κ1) is 23.3. The Morgan fingerprint density at radius 1 is 0.556 bits per heavy atom. The molecule has 0 aromatic heterocycles. The predicted octanol–water partition coefficient (Wildman–Crippen LogP) is 4.27. The molecule has 6 heteroatoms. The van der Waals surface area contributed by atoms with Crippen molar-refractivity contribution in [1.29, 1.82) is 0 Å². The quantitative estimate of drug-likeness (QED) is 0.373. The molecule has 0 saturated heterocycles. The first-order valence-electron chi connectivity index (χ1n) is 12.4. The van der Waals surface area contributed by atoms with E-state index in [0.717, 1.165) is 36.0 Å². The summed E-state index contributed by atoms with van der Waals surface area (Å²) in [6, 6.07) is 30.5. The van der Waals surface area contributed by atoms with E-state index in [1.807, 2.05) is 0 Å². The van der Waals surface area contributed by atoms with Crippen LogP contribution in [0.1, 0.15) is 0 Å². The van der Waals surface area contributed by atoms with E-state index >= 15 is 0 Å². The van der Waals surface area contributed by atoms with Crippen LogP contribution in [0.5, 0.6) is 11.5 Å². The minimum absolute atomic E-state index is 0.521. The summed E-state index contributed by atoms with van der Waals surface area (Å²) in [4.78, 5) is 4.61. The molecule has 2 atom stereocenters. The Kier molecular flexibility index (Phi) is 6.57. The van der Waals surface area contributed by atoms with Gasteiger partial charge in [0.25, 0.3) is 0 Å². The molecule has 0 saturated carbocycles. The van der Waals surface area contributed by atoms with Gasteiger partial charge in [-0.15, -0.1) is 0 Å². The number of fused-ring (bicyclic) bond motifs is 2. The van der Waals surface area contributed by atoms with E-state index in [4.69, 9.17) is 9.47 Å². The topological polar surface area (TPSA) is 24.9 Å². The molecular formula is C30H30N2O2P2. The van der Waals surface area contributed by atoms with Gasteiger partial charge in [-0.25, -0.2) is 0 Å². The van der Waals surface area contributed by atoms with Crippen molar-refractivity contribution in [2.45, 2.75) is 0 Å². The van der Waals surface area contributed by atoms with E-state index in [2.05, 4.69) is 109 Å². The zero-order valence-electron chi connectivity index (χ0n) is 20.6. The number of likely N-dealkylation sites (N-methyl/N-ethyl adjacent to an activating group) is 2. The molecule has 0 fully saturated rings. The first-order chi connectivity index (χ1) is 17.7. The summed E-state index contributed by atoms with van der Waals surface area (Å²) in [6.07, 6.45) is 0. The summed E-state index contributed by atoms with van der Waals surface area (Å²) in [5.74, 6) is 1.96. The first-order valence-corrected chi connectivity index (χ1v) is 14.4. The maximum atomic E-state index is 6.48. The number of rotatable bonds is 5. The highest BCUT2D eigenvalue weighted by molar-refractivity contribution is 7.56. The van der Waals surface area contributed by atoms with Crippen molar-refractivity contribution in [3.05, 3.63) is 84.9 Å². The third-order valence-corrected chi connectivity index (χ3v) is 9.41. The van der Waals surface area contributed by atoms with Crippen LogP contribution in [0, 0.1) is 0 Å². The van der Waals surface area contributed by atoms with E-state index in [1.54, 1.807) is 0 Å². The zero-order valence-corrected chi connectivity index (χ0v) is 22.6. The van der Waals surface area contributed by atoms with Crippen LogP contribution < -0.4 is 40.5 Å². The minimum Gasteiger partial charge on any atom is -0.489 e. The maximum Gasteiger partial charge on any atom is 0.151 e. The van der Waals surface area contributed by atoms with Crippen LogP contribution in [0.3, 0.4) is 0 Å². The van der Waals surface area contributed by atoms with Crippen LogP contribution in [-0.4, -0.2) is 40.4 Å². The average Bonchev–Trinajstić information content (AvgIpc) is 2.90. The third-order valence-electron chi connectivity index (χ3n) is 6.80. The standard InChI is InChI=1S/C30H30N2O2P2/c1-31-17-19-33-29-23(31)13-15-25(35-21-9-5-3-6-10-21)27(29)28-26(36-22-11-7-4-8-12-22)16-14-24-30(28)34-20-18-32(24)2/h3-16,35-36H,17-20H2,1-2H3. The maximum absolute atomic E-state index is 6.48. The molecule has 36 heavy (non-hydrogen) atoms. The summed E-state index contributed by atoms with van der Waals surface area (Å²) in [5, 5.41) is 5.22. The van der Waals surface area contributed by atoms with Crippen LogP contribution in [-0.2, 0) is 0 Å². The highest BCUT2D eigenvalue weighted by Crippen LogP contribution is 2.48. The molecule has 0 aliphatic carbocycles. The Hall–Kier alpha value is -3.06. The van der Waals surface area contributed by atoms with E-state index < -0.39 is 0 Å². The second-order valence-corrected chi connectivity index (χ2v) is 11.9. The van der Waals surface area contributed by atoms with Crippen LogP contribution >= 0.6 is 17.2 Å². The molecule has 2 aliphatic heterocycles. The van der Waals surface area contributed by atoms with E-state index in [1.165, 1.54) is 32.3 Å². The van der Waals surface area contributed by atoms with Crippen LogP contribution in [0.25, 0.3) is 11.1 Å². The lowest BCUT2D eigenvalue weighted by Gasteiger charge is -2.34. The molecule has 182 valence electrons. The SMILES string of the molecule is CN1CCOc2c1ccc(Pc1ccccc1)c2-c1c(Pc2ccccc2)ccc2c1OCCN2C. The Bertz CT molecular complexity index is 1270. The monoisotopic (exact) mass is 512 g/mol. The fourth-order valence-electron chi connectivity index (χ4n) is 4.91. The zero-order chi connectivity index (χ0) is 24.5. The molecule has 2 unspecified atom stereocenters. The number of hydrogen-bond acceptors (Lipinski definition) is 4. The van der Waals surface area contributed by atoms with Crippen molar-refractivity contribution in [3.8, 4) is 22.6 Å². The van der Waals surface area contributed by atoms with Gasteiger partial charge in [0, 0.05) is 25.2 Å². The van der Waals surface area contributed by atoms with E-state index in [0.29, 0.717) is 30.4 Å². The number of nitrogens with zero attached hydrogens (tertiary/aromatic N) is 2. The molecule has 0 amide bonds. The molecule has 4 nitrogen and oxygen atoms in total. The summed E-state index contributed by atoms with van der Waals surface area (Å²) in [5.41, 5.74) is 4.67. The van der Waals surface area contributed by atoms with Crippen LogP contribution in [0.2, 0.25) is 0 Å². The Labute approximate surface area is 216 Å². The fourth-order valence-corrected chi connectivity index (χ4v) is 7.31. The average molecular weight is 513 g/mol. The molecule has 6 rings (SSSR count). The highest BCUT2D eigenvalue weighted by atomic mass is 31.1.